The van der Waals surface area contributed by atoms with Gasteiger partial charge in [-0.2, -0.15) is 0 Å². The highest BCUT2D eigenvalue weighted by molar-refractivity contribution is 7.93. The van der Waals surface area contributed by atoms with Crippen LogP contribution >= 0.6 is 0 Å². The predicted octanol–water partition coefficient (Wildman–Crippen LogP) is 3.54. The molecule has 33 heavy (non-hydrogen) atoms. The number of carbonyl (C=O) groups is 1. The fourth-order valence-electron chi connectivity index (χ4n) is 4.99. The van der Waals surface area contributed by atoms with Crippen molar-refractivity contribution < 1.29 is 17.9 Å². The van der Waals surface area contributed by atoms with Crippen molar-refractivity contribution in [3.05, 3.63) is 64.7 Å². The van der Waals surface area contributed by atoms with Crippen molar-refractivity contribution in [2.75, 3.05) is 26.3 Å². The summed E-state index contributed by atoms with van der Waals surface area (Å²) in [4.78, 5) is 16.2. The molecule has 0 bridgehead atoms. The van der Waals surface area contributed by atoms with Gasteiger partial charge in [-0.3, -0.25) is 9.69 Å². The monoisotopic (exact) mass is 470 g/mol. The molecule has 2 aromatic carbocycles. The summed E-state index contributed by atoms with van der Waals surface area (Å²) in [7, 11) is -3.82. The Bertz CT molecular complexity index is 1100. The first-order chi connectivity index (χ1) is 15.8. The zero-order valence-corrected chi connectivity index (χ0v) is 20.4. The van der Waals surface area contributed by atoms with E-state index in [4.69, 9.17) is 4.74 Å². The highest BCUT2D eigenvalue weighted by Gasteiger charge is 2.53. The van der Waals surface area contributed by atoms with Gasteiger partial charge >= 0.3 is 0 Å². The Kier molecular flexibility index (Phi) is 7.22. The molecule has 0 radical (unpaired) electrons. The minimum Gasteiger partial charge on any atom is -0.379 e. The van der Waals surface area contributed by atoms with Crippen LogP contribution < -0.4 is 5.32 Å². The maximum atomic E-state index is 13.8. The summed E-state index contributed by atoms with van der Waals surface area (Å²) in [6.45, 7) is 8.04. The van der Waals surface area contributed by atoms with E-state index < -0.39 is 14.6 Å². The second-order valence-corrected chi connectivity index (χ2v) is 11.5. The molecule has 6 nitrogen and oxygen atoms in total. The Morgan fingerprint density at radius 3 is 2.39 bits per heavy atom. The number of nitrogens with zero attached hydrogens (tertiary/aromatic N) is 1. The number of benzene rings is 2. The van der Waals surface area contributed by atoms with Gasteiger partial charge in [-0.15, -0.1) is 0 Å². The summed E-state index contributed by atoms with van der Waals surface area (Å²) < 4.78 is 31.7. The molecule has 1 N–H and O–H groups in total. The Labute approximate surface area is 197 Å². The first-order valence-electron chi connectivity index (χ1n) is 11.8. The van der Waals surface area contributed by atoms with Crippen molar-refractivity contribution >= 4 is 15.7 Å². The van der Waals surface area contributed by atoms with E-state index in [0.717, 1.165) is 62.4 Å². The number of hydrogen-bond donors (Lipinski definition) is 1. The van der Waals surface area contributed by atoms with Crippen LogP contribution in [0.25, 0.3) is 0 Å². The molecule has 1 saturated carbocycles. The summed E-state index contributed by atoms with van der Waals surface area (Å²) in [5.41, 5.74) is 3.74. The molecule has 178 valence electrons. The molecule has 1 aliphatic heterocycles. The molecule has 1 heterocycles. The molecule has 1 saturated heterocycles. The van der Waals surface area contributed by atoms with Crippen LogP contribution in [0.1, 0.15) is 47.9 Å². The minimum absolute atomic E-state index is 0.285. The zero-order chi connectivity index (χ0) is 23.5. The average Bonchev–Trinajstić information content (AvgIpc) is 3.33. The largest absolute Gasteiger partial charge is 0.379 e. The molecular formula is C26H34N2O4S. The first-order valence-corrected chi connectivity index (χ1v) is 13.3. The van der Waals surface area contributed by atoms with Gasteiger partial charge in [0.1, 0.15) is 0 Å². The first kappa shape index (κ1) is 23.9. The van der Waals surface area contributed by atoms with E-state index in [1.165, 1.54) is 0 Å². The fourth-order valence-corrected chi connectivity index (χ4v) is 7.39. The Morgan fingerprint density at radius 2 is 1.70 bits per heavy atom. The highest BCUT2D eigenvalue weighted by atomic mass is 32.2. The lowest BCUT2D eigenvalue weighted by Gasteiger charge is -2.29. The number of morpholine rings is 1. The molecule has 1 amide bonds. The molecule has 0 atom stereocenters. The van der Waals surface area contributed by atoms with Gasteiger partial charge < -0.3 is 10.1 Å². The van der Waals surface area contributed by atoms with Crippen LogP contribution in [-0.4, -0.2) is 50.3 Å². The Balaban J connectivity index is 1.55. The quantitative estimate of drug-likeness (QED) is 0.670. The zero-order valence-electron chi connectivity index (χ0n) is 19.6. The van der Waals surface area contributed by atoms with E-state index >= 15 is 0 Å². The summed E-state index contributed by atoms with van der Waals surface area (Å²) in [6.07, 6.45) is 2.21. The molecule has 1 aliphatic carbocycles. The van der Waals surface area contributed by atoms with E-state index in [1.807, 2.05) is 37.3 Å². The lowest BCUT2D eigenvalue weighted by atomic mass is 10.0. The summed E-state index contributed by atoms with van der Waals surface area (Å²) >= 11 is 0. The number of ether oxygens (including phenoxy) is 1. The van der Waals surface area contributed by atoms with Crippen LogP contribution in [0.15, 0.2) is 47.4 Å². The number of carbonyl (C=O) groups excluding carboxylic acids is 1. The van der Waals surface area contributed by atoms with E-state index in [-0.39, 0.29) is 10.8 Å². The van der Waals surface area contributed by atoms with Gasteiger partial charge in [-0.1, -0.05) is 49.2 Å². The highest BCUT2D eigenvalue weighted by Crippen LogP contribution is 2.42. The Morgan fingerprint density at radius 1 is 1.03 bits per heavy atom. The molecule has 4 rings (SSSR count). The normalized spacial score (nSPS) is 18.8. The van der Waals surface area contributed by atoms with Gasteiger partial charge in [0.15, 0.2) is 14.6 Å². The molecule has 0 unspecified atom stereocenters. The number of amides is 1. The SMILES string of the molecule is Cc1ccc(C)c(S(=O)(=O)C2(C(=O)NCc3ccccc3CN3CCOCC3)CCCC2)c1. The molecule has 0 aromatic heterocycles. The van der Waals surface area contributed by atoms with E-state index in [1.54, 1.807) is 13.0 Å². The van der Waals surface area contributed by atoms with Crippen molar-refractivity contribution in [1.29, 1.82) is 0 Å². The van der Waals surface area contributed by atoms with Crippen LogP contribution in [0.4, 0.5) is 0 Å². The van der Waals surface area contributed by atoms with Crippen molar-refractivity contribution in [2.45, 2.75) is 62.3 Å². The predicted molar refractivity (Wildman–Crippen MR) is 129 cm³/mol. The summed E-state index contributed by atoms with van der Waals surface area (Å²) in [5, 5.41) is 3.01. The molecule has 2 aromatic rings. The Hall–Kier alpha value is -2.22. The van der Waals surface area contributed by atoms with Crippen LogP contribution in [0.5, 0.6) is 0 Å². The number of hydrogen-bond acceptors (Lipinski definition) is 5. The third-order valence-corrected chi connectivity index (χ3v) is 9.67. The maximum Gasteiger partial charge on any atom is 0.242 e. The summed E-state index contributed by atoms with van der Waals surface area (Å²) in [6, 6.07) is 13.5. The molecule has 7 heteroatoms. The molecule has 2 fully saturated rings. The van der Waals surface area contributed by atoms with Gasteiger partial charge in [-0.25, -0.2) is 8.42 Å². The minimum atomic E-state index is -3.82. The molecule has 2 aliphatic rings. The van der Waals surface area contributed by atoms with Crippen molar-refractivity contribution in [3.8, 4) is 0 Å². The van der Waals surface area contributed by atoms with Crippen LogP contribution in [0.2, 0.25) is 0 Å². The lowest BCUT2D eigenvalue weighted by Crippen LogP contribution is -2.50. The third kappa shape index (κ3) is 4.86. The van der Waals surface area contributed by atoms with Crippen LogP contribution in [0, 0.1) is 13.8 Å². The van der Waals surface area contributed by atoms with Crippen molar-refractivity contribution in [1.82, 2.24) is 10.2 Å². The van der Waals surface area contributed by atoms with Gasteiger partial charge in [0, 0.05) is 26.2 Å². The lowest BCUT2D eigenvalue weighted by molar-refractivity contribution is -0.123. The van der Waals surface area contributed by atoms with Gasteiger partial charge in [0.05, 0.1) is 18.1 Å². The van der Waals surface area contributed by atoms with Crippen LogP contribution in [-0.2, 0) is 32.5 Å². The van der Waals surface area contributed by atoms with Crippen molar-refractivity contribution in [3.63, 3.8) is 0 Å². The van der Waals surface area contributed by atoms with E-state index in [0.29, 0.717) is 24.9 Å². The maximum absolute atomic E-state index is 13.8. The topological polar surface area (TPSA) is 75.7 Å². The number of rotatable bonds is 7. The number of nitrogens with one attached hydrogen (secondary N) is 1. The van der Waals surface area contributed by atoms with Gasteiger partial charge in [0.2, 0.25) is 5.91 Å². The van der Waals surface area contributed by atoms with E-state index in [9.17, 15) is 13.2 Å². The van der Waals surface area contributed by atoms with Gasteiger partial charge in [-0.05, 0) is 55.0 Å². The smallest absolute Gasteiger partial charge is 0.242 e. The molecular weight excluding hydrogens is 436 g/mol. The van der Waals surface area contributed by atoms with E-state index in [2.05, 4.69) is 16.3 Å². The second-order valence-electron chi connectivity index (χ2n) is 9.31. The van der Waals surface area contributed by atoms with Crippen LogP contribution in [0.3, 0.4) is 0 Å². The molecule has 0 spiro atoms. The summed E-state index contributed by atoms with van der Waals surface area (Å²) in [5.74, 6) is -0.373. The van der Waals surface area contributed by atoms with Crippen molar-refractivity contribution in [2.24, 2.45) is 0 Å². The third-order valence-electron chi connectivity index (χ3n) is 7.03. The van der Waals surface area contributed by atoms with Gasteiger partial charge in [0.25, 0.3) is 0 Å². The fraction of sp³-hybridized carbons (Fsp3) is 0.500. The number of aryl methyl sites for hydroxylation is 2. The standard InChI is InChI=1S/C26H34N2O4S/c1-20-9-10-21(2)24(17-20)33(30,31)26(11-5-6-12-26)25(29)27-18-22-7-3-4-8-23(22)19-28-13-15-32-16-14-28/h3-4,7-10,17H,5-6,11-16,18-19H2,1-2H3,(H,27,29). The second kappa shape index (κ2) is 9.95. The average molecular weight is 471 g/mol. The number of sulfone groups is 1.